The summed E-state index contributed by atoms with van der Waals surface area (Å²) in [6.45, 7) is 4.12. The Hall–Kier alpha value is -1.62. The molecule has 1 aliphatic carbocycles. The minimum atomic E-state index is -0.275. The van der Waals surface area contributed by atoms with Crippen LogP contribution in [0.2, 0.25) is 0 Å². The molecule has 0 radical (unpaired) electrons. The molecule has 5 heteroatoms. The highest BCUT2D eigenvalue weighted by atomic mass is 16.5. The number of hydrogen-bond acceptors (Lipinski definition) is 4. The molecule has 0 spiro atoms. The molecule has 2 rings (SSSR count). The van der Waals surface area contributed by atoms with Crippen LogP contribution in [0.1, 0.15) is 30.6 Å². The van der Waals surface area contributed by atoms with Crippen molar-refractivity contribution in [2.45, 2.75) is 32.4 Å². The number of nitrogens with one attached hydrogen (secondary N) is 1. The summed E-state index contributed by atoms with van der Waals surface area (Å²) in [4.78, 5) is 15.8. The molecule has 1 aliphatic rings. The molecule has 0 bridgehead atoms. The summed E-state index contributed by atoms with van der Waals surface area (Å²) in [7, 11) is 1.68. The van der Waals surface area contributed by atoms with E-state index >= 15 is 0 Å². The summed E-state index contributed by atoms with van der Waals surface area (Å²) in [5.74, 6) is -0.377. The average molecular weight is 250 g/mol. The fourth-order valence-corrected chi connectivity index (χ4v) is 2.34. The van der Waals surface area contributed by atoms with Gasteiger partial charge in [-0.15, -0.1) is 0 Å². The largest absolute Gasteiger partial charge is 0.505 e. The van der Waals surface area contributed by atoms with E-state index in [2.05, 4.69) is 24.1 Å². The highest BCUT2D eigenvalue weighted by Crippen LogP contribution is 2.42. The van der Waals surface area contributed by atoms with Crippen LogP contribution in [0, 0.1) is 5.41 Å². The number of aromatic hydroxyl groups is 1. The first-order valence-electron chi connectivity index (χ1n) is 5.93. The minimum Gasteiger partial charge on any atom is -0.505 e. The van der Waals surface area contributed by atoms with Gasteiger partial charge in [-0.05, 0) is 12.5 Å². The molecule has 98 valence electrons. The van der Waals surface area contributed by atoms with Gasteiger partial charge in [0.2, 0.25) is 0 Å². The Morgan fingerprint density at radius 3 is 2.89 bits per heavy atom. The fourth-order valence-electron chi connectivity index (χ4n) is 2.34. The third-order valence-corrected chi connectivity index (χ3v) is 3.81. The zero-order valence-electron chi connectivity index (χ0n) is 10.8. The zero-order valence-corrected chi connectivity index (χ0v) is 10.8. The Morgan fingerprint density at radius 1 is 1.61 bits per heavy atom. The summed E-state index contributed by atoms with van der Waals surface area (Å²) in [5.41, 5.74) is 0.161. The van der Waals surface area contributed by atoms with Gasteiger partial charge in [0.15, 0.2) is 0 Å². The van der Waals surface area contributed by atoms with Crippen molar-refractivity contribution in [3.8, 4) is 5.75 Å². The van der Waals surface area contributed by atoms with Gasteiger partial charge in [-0.2, -0.15) is 0 Å². The highest BCUT2D eigenvalue weighted by molar-refractivity contribution is 5.96. The van der Waals surface area contributed by atoms with Crippen LogP contribution in [-0.4, -0.2) is 35.3 Å². The number of ether oxygens (including phenoxy) is 1. The number of pyridine rings is 1. The van der Waals surface area contributed by atoms with E-state index in [0.29, 0.717) is 0 Å². The van der Waals surface area contributed by atoms with Crippen molar-refractivity contribution in [3.05, 3.63) is 24.0 Å². The quantitative estimate of drug-likeness (QED) is 0.849. The zero-order chi connectivity index (χ0) is 13.3. The highest BCUT2D eigenvalue weighted by Gasteiger charge is 2.49. The lowest BCUT2D eigenvalue weighted by atomic mass is 9.64. The Labute approximate surface area is 106 Å². The predicted octanol–water partition coefficient (Wildman–Crippen LogP) is 1.33. The molecule has 2 N–H and O–H groups in total. The maximum atomic E-state index is 12.0. The van der Waals surface area contributed by atoms with Gasteiger partial charge in [-0.1, -0.05) is 13.8 Å². The van der Waals surface area contributed by atoms with E-state index in [9.17, 15) is 9.90 Å². The van der Waals surface area contributed by atoms with Gasteiger partial charge in [0.25, 0.3) is 5.91 Å². The van der Waals surface area contributed by atoms with E-state index < -0.39 is 0 Å². The number of amides is 1. The van der Waals surface area contributed by atoms with Gasteiger partial charge in [0.1, 0.15) is 5.75 Å². The molecule has 0 aliphatic heterocycles. The minimum absolute atomic E-state index is 0.0579. The molecule has 1 aromatic rings. The molecule has 1 heterocycles. The van der Waals surface area contributed by atoms with Gasteiger partial charge in [-0.3, -0.25) is 9.78 Å². The number of carbonyl (C=O) groups excluding carboxylic acids is 1. The maximum absolute atomic E-state index is 12.0. The van der Waals surface area contributed by atoms with Gasteiger partial charge in [0.05, 0.1) is 17.9 Å². The number of methoxy groups -OCH3 is 1. The van der Waals surface area contributed by atoms with E-state index in [1.807, 2.05) is 0 Å². The third kappa shape index (κ3) is 2.06. The lowest BCUT2D eigenvalue weighted by Gasteiger charge is -2.51. The number of rotatable bonds is 3. The van der Waals surface area contributed by atoms with Crippen LogP contribution in [0.5, 0.6) is 5.75 Å². The van der Waals surface area contributed by atoms with Crippen LogP contribution in [0.15, 0.2) is 18.5 Å². The molecule has 1 saturated carbocycles. The van der Waals surface area contributed by atoms with Gasteiger partial charge in [0, 0.05) is 24.8 Å². The first-order valence-corrected chi connectivity index (χ1v) is 5.93. The molecule has 5 nitrogen and oxygen atoms in total. The van der Waals surface area contributed by atoms with E-state index in [-0.39, 0.29) is 34.8 Å². The number of hydrogen-bond donors (Lipinski definition) is 2. The van der Waals surface area contributed by atoms with Crippen LogP contribution in [-0.2, 0) is 4.74 Å². The standard InChI is InChI=1S/C13H18N2O3/c1-13(2)10(6-11(13)18-3)15-12(17)8-4-5-14-7-9(8)16/h4-5,7,10-11,16H,6H2,1-3H3,(H,15,17). The summed E-state index contributed by atoms with van der Waals surface area (Å²) >= 11 is 0. The average Bonchev–Trinajstić information content (AvgIpc) is 2.34. The molecule has 1 aromatic heterocycles. The van der Waals surface area contributed by atoms with Crippen molar-refractivity contribution in [2.75, 3.05) is 7.11 Å². The number of aromatic nitrogens is 1. The molecule has 2 atom stereocenters. The maximum Gasteiger partial charge on any atom is 0.255 e. The molecule has 0 aromatic carbocycles. The Morgan fingerprint density at radius 2 is 2.33 bits per heavy atom. The van der Waals surface area contributed by atoms with Crippen LogP contribution in [0.25, 0.3) is 0 Å². The van der Waals surface area contributed by atoms with Crippen LogP contribution in [0.4, 0.5) is 0 Å². The molecule has 0 saturated heterocycles. The second kappa shape index (κ2) is 4.57. The summed E-state index contributed by atoms with van der Waals surface area (Å²) in [6, 6.07) is 1.56. The predicted molar refractivity (Wildman–Crippen MR) is 66.4 cm³/mol. The number of nitrogens with zero attached hydrogens (tertiary/aromatic N) is 1. The van der Waals surface area contributed by atoms with E-state index in [1.165, 1.54) is 18.5 Å². The first-order chi connectivity index (χ1) is 8.46. The fraction of sp³-hybridized carbons (Fsp3) is 0.538. The summed E-state index contributed by atoms with van der Waals surface area (Å²) in [6.07, 6.45) is 3.70. The molecule has 18 heavy (non-hydrogen) atoms. The topological polar surface area (TPSA) is 71.5 Å². The molecule has 2 unspecified atom stereocenters. The first kappa shape index (κ1) is 12.8. The van der Waals surface area contributed by atoms with Crippen molar-refractivity contribution in [1.29, 1.82) is 0 Å². The lowest BCUT2D eigenvalue weighted by Crippen LogP contribution is -2.61. The van der Waals surface area contributed by atoms with Crippen LogP contribution >= 0.6 is 0 Å². The molecular formula is C13H18N2O3. The van der Waals surface area contributed by atoms with E-state index in [1.54, 1.807) is 7.11 Å². The van der Waals surface area contributed by atoms with E-state index in [0.717, 1.165) is 6.42 Å². The number of carbonyl (C=O) groups is 1. The second-order valence-corrected chi connectivity index (χ2v) is 5.20. The van der Waals surface area contributed by atoms with E-state index in [4.69, 9.17) is 4.74 Å². The normalized spacial score (nSPS) is 25.3. The molecule has 1 amide bonds. The Kier molecular flexibility index (Phi) is 3.26. The van der Waals surface area contributed by atoms with Gasteiger partial charge in [-0.25, -0.2) is 0 Å². The van der Waals surface area contributed by atoms with Crippen molar-refractivity contribution >= 4 is 5.91 Å². The van der Waals surface area contributed by atoms with Crippen molar-refractivity contribution in [2.24, 2.45) is 5.41 Å². The van der Waals surface area contributed by atoms with Crippen LogP contribution in [0.3, 0.4) is 0 Å². The van der Waals surface area contributed by atoms with Gasteiger partial charge < -0.3 is 15.2 Å². The second-order valence-electron chi connectivity index (χ2n) is 5.20. The monoisotopic (exact) mass is 250 g/mol. The SMILES string of the molecule is COC1CC(NC(=O)c2ccncc2O)C1(C)C. The van der Waals surface area contributed by atoms with Crippen molar-refractivity contribution in [3.63, 3.8) is 0 Å². The van der Waals surface area contributed by atoms with Crippen molar-refractivity contribution in [1.82, 2.24) is 10.3 Å². The molecular weight excluding hydrogens is 232 g/mol. The summed E-state index contributed by atoms with van der Waals surface area (Å²) < 4.78 is 5.33. The van der Waals surface area contributed by atoms with Gasteiger partial charge >= 0.3 is 0 Å². The molecule has 1 fully saturated rings. The Balaban J connectivity index is 2.04. The Bertz CT molecular complexity index is 459. The third-order valence-electron chi connectivity index (χ3n) is 3.81. The van der Waals surface area contributed by atoms with Crippen molar-refractivity contribution < 1.29 is 14.6 Å². The van der Waals surface area contributed by atoms with Crippen LogP contribution < -0.4 is 5.32 Å². The lowest BCUT2D eigenvalue weighted by molar-refractivity contribution is -0.0942. The summed E-state index contributed by atoms with van der Waals surface area (Å²) in [5, 5.41) is 12.5. The smallest absolute Gasteiger partial charge is 0.255 e.